The zero-order valence-electron chi connectivity index (χ0n) is 19.4. The average Bonchev–Trinajstić information content (AvgIpc) is 3.09. The number of halogens is 1. The maximum Gasteiger partial charge on any atom is 0.260 e. The fourth-order valence-corrected chi connectivity index (χ4v) is 4.24. The predicted octanol–water partition coefficient (Wildman–Crippen LogP) is 5.12. The lowest BCUT2D eigenvalue weighted by Gasteiger charge is -2.23. The lowest BCUT2D eigenvalue weighted by Crippen LogP contribution is -2.31. The number of aliphatic hydroxyl groups excluding tert-OH is 1. The number of nitrogens with one attached hydrogen (secondary N) is 1. The van der Waals surface area contributed by atoms with Gasteiger partial charge >= 0.3 is 0 Å². The number of rotatable bonds is 8. The van der Waals surface area contributed by atoms with Gasteiger partial charge in [-0.15, -0.1) is 0 Å². The number of hydrogen-bond acceptors (Lipinski definition) is 5. The first-order chi connectivity index (χ1) is 17.1. The van der Waals surface area contributed by atoms with Crippen molar-refractivity contribution in [1.29, 1.82) is 0 Å². The number of amides is 2. The molecule has 4 rings (SSSR count). The van der Waals surface area contributed by atoms with Gasteiger partial charge in [0, 0.05) is 30.1 Å². The lowest BCUT2D eigenvalue weighted by molar-refractivity contribution is 0.0985. The number of unbranched alkanes of at least 4 members (excludes halogenated alkanes) is 1. The molecule has 0 saturated heterocycles. The number of para-hydroxylation sites is 1. The van der Waals surface area contributed by atoms with Crippen LogP contribution in [0.15, 0.2) is 60.8 Å². The molecule has 0 radical (unpaired) electrons. The van der Waals surface area contributed by atoms with E-state index >= 15 is 0 Å². The van der Waals surface area contributed by atoms with Crippen molar-refractivity contribution in [2.75, 3.05) is 30.0 Å². The van der Waals surface area contributed by atoms with E-state index in [4.69, 9.17) is 21.4 Å². The topological polar surface area (TPSA) is 91.8 Å². The summed E-state index contributed by atoms with van der Waals surface area (Å²) in [6, 6.07) is 15.9. The summed E-state index contributed by atoms with van der Waals surface area (Å²) in [5.41, 5.74) is 2.78. The molecule has 35 heavy (non-hydrogen) atoms. The van der Waals surface area contributed by atoms with Crippen molar-refractivity contribution in [3.05, 3.63) is 82.5 Å². The Labute approximate surface area is 209 Å². The zero-order chi connectivity index (χ0) is 24.6. The minimum Gasteiger partial charge on any atom is -0.493 e. The van der Waals surface area contributed by atoms with E-state index in [1.165, 1.54) is 6.20 Å². The standard InChI is InChI=1S/C27H28ClN3O4/c28-21-11-12-23-19(17-21)7-3-4-14-31(23)27(34)20-10-13-25(29-18-20)30-26(33)22-8-1-2-9-24(22)35-16-6-5-15-32/h1-2,8-13,17-18,32H,3-7,14-16H2,(H,29,30,33). The highest BCUT2D eigenvalue weighted by Crippen LogP contribution is 2.30. The largest absolute Gasteiger partial charge is 0.493 e. The summed E-state index contributed by atoms with van der Waals surface area (Å²) >= 11 is 6.16. The molecule has 7 nitrogen and oxygen atoms in total. The second-order valence-corrected chi connectivity index (χ2v) is 8.78. The van der Waals surface area contributed by atoms with Gasteiger partial charge in [0.2, 0.25) is 0 Å². The van der Waals surface area contributed by atoms with E-state index in [2.05, 4.69) is 10.3 Å². The normalized spacial score (nSPS) is 13.0. The van der Waals surface area contributed by atoms with Crippen LogP contribution in [-0.2, 0) is 6.42 Å². The third-order valence-corrected chi connectivity index (χ3v) is 6.08. The third-order valence-electron chi connectivity index (χ3n) is 5.85. The maximum absolute atomic E-state index is 13.3. The van der Waals surface area contributed by atoms with Gasteiger partial charge in [0.25, 0.3) is 11.8 Å². The third kappa shape index (κ3) is 6.18. The molecule has 2 N–H and O–H groups in total. The average molecular weight is 494 g/mol. The summed E-state index contributed by atoms with van der Waals surface area (Å²) in [4.78, 5) is 32.2. The molecule has 2 heterocycles. The van der Waals surface area contributed by atoms with Gasteiger partial charge in [-0.25, -0.2) is 4.98 Å². The first-order valence-electron chi connectivity index (χ1n) is 11.8. The fourth-order valence-electron chi connectivity index (χ4n) is 4.04. The number of nitrogens with zero attached hydrogens (tertiary/aromatic N) is 2. The molecule has 0 unspecified atom stereocenters. The molecule has 0 saturated carbocycles. The van der Waals surface area contributed by atoms with Crippen molar-refractivity contribution < 1.29 is 19.4 Å². The molecule has 0 fully saturated rings. The van der Waals surface area contributed by atoms with E-state index in [0.29, 0.717) is 53.7 Å². The Balaban J connectivity index is 1.45. The Bertz CT molecular complexity index is 1180. The number of carbonyl (C=O) groups is 2. The van der Waals surface area contributed by atoms with Gasteiger partial charge in [-0.1, -0.05) is 23.7 Å². The summed E-state index contributed by atoms with van der Waals surface area (Å²) in [5, 5.41) is 12.3. The molecule has 0 spiro atoms. The van der Waals surface area contributed by atoms with Crippen molar-refractivity contribution in [2.45, 2.75) is 32.1 Å². The number of ether oxygens (including phenoxy) is 1. The first-order valence-corrected chi connectivity index (χ1v) is 12.1. The molecule has 182 valence electrons. The number of aromatic nitrogens is 1. The number of pyridine rings is 1. The highest BCUT2D eigenvalue weighted by atomic mass is 35.5. The van der Waals surface area contributed by atoms with Crippen LogP contribution in [0.1, 0.15) is 52.0 Å². The summed E-state index contributed by atoms with van der Waals surface area (Å²) in [5.74, 6) is 0.314. The Kier molecular flexibility index (Phi) is 8.34. The summed E-state index contributed by atoms with van der Waals surface area (Å²) in [6.07, 6.45) is 5.59. The number of aryl methyl sites for hydroxylation is 1. The number of anilines is 2. The van der Waals surface area contributed by atoms with Crippen LogP contribution in [-0.4, -0.2) is 41.7 Å². The van der Waals surface area contributed by atoms with Gasteiger partial charge in [-0.3, -0.25) is 9.59 Å². The highest BCUT2D eigenvalue weighted by molar-refractivity contribution is 6.30. The molecule has 2 aromatic carbocycles. The second kappa shape index (κ2) is 11.8. The summed E-state index contributed by atoms with van der Waals surface area (Å²) in [7, 11) is 0. The van der Waals surface area contributed by atoms with Crippen LogP contribution >= 0.6 is 11.6 Å². The molecule has 1 aliphatic heterocycles. The van der Waals surface area contributed by atoms with Crippen LogP contribution in [0.5, 0.6) is 5.75 Å². The number of fused-ring (bicyclic) bond motifs is 1. The van der Waals surface area contributed by atoms with Crippen molar-refractivity contribution in [3.8, 4) is 5.75 Å². The lowest BCUT2D eigenvalue weighted by atomic mass is 10.1. The van der Waals surface area contributed by atoms with E-state index in [1.54, 1.807) is 47.4 Å². The summed E-state index contributed by atoms with van der Waals surface area (Å²) < 4.78 is 5.71. The Hall–Kier alpha value is -3.42. The second-order valence-electron chi connectivity index (χ2n) is 8.35. The molecular formula is C27H28ClN3O4. The van der Waals surface area contributed by atoms with E-state index in [-0.39, 0.29) is 18.4 Å². The van der Waals surface area contributed by atoms with E-state index in [1.807, 2.05) is 12.1 Å². The van der Waals surface area contributed by atoms with Gasteiger partial charge in [-0.2, -0.15) is 0 Å². The molecule has 1 aliphatic rings. The number of benzene rings is 2. The van der Waals surface area contributed by atoms with Crippen LogP contribution in [0, 0.1) is 0 Å². The van der Waals surface area contributed by atoms with Crippen LogP contribution in [0.3, 0.4) is 0 Å². The van der Waals surface area contributed by atoms with Crippen LogP contribution in [0.4, 0.5) is 11.5 Å². The zero-order valence-corrected chi connectivity index (χ0v) is 20.1. The maximum atomic E-state index is 13.3. The minimum atomic E-state index is -0.354. The van der Waals surface area contributed by atoms with Gasteiger partial charge in [0.05, 0.1) is 17.7 Å². The Morgan fingerprint density at radius 1 is 1.09 bits per heavy atom. The van der Waals surface area contributed by atoms with Gasteiger partial charge in [-0.05, 0) is 80.1 Å². The predicted molar refractivity (Wildman–Crippen MR) is 137 cm³/mol. The van der Waals surface area contributed by atoms with Crippen molar-refractivity contribution in [1.82, 2.24) is 4.98 Å². The monoisotopic (exact) mass is 493 g/mol. The molecule has 8 heteroatoms. The SMILES string of the molecule is O=C(Nc1ccc(C(=O)N2CCCCc3cc(Cl)ccc32)cn1)c1ccccc1OCCCCO. The van der Waals surface area contributed by atoms with Gasteiger partial charge < -0.3 is 20.1 Å². The quantitative estimate of drug-likeness (QED) is 0.425. The Morgan fingerprint density at radius 2 is 1.94 bits per heavy atom. The highest BCUT2D eigenvalue weighted by Gasteiger charge is 2.23. The Morgan fingerprint density at radius 3 is 2.74 bits per heavy atom. The van der Waals surface area contributed by atoms with Crippen molar-refractivity contribution in [3.63, 3.8) is 0 Å². The molecule has 0 aliphatic carbocycles. The molecule has 1 aromatic heterocycles. The summed E-state index contributed by atoms with van der Waals surface area (Å²) in [6.45, 7) is 1.14. The van der Waals surface area contributed by atoms with Gasteiger partial charge in [0.15, 0.2) is 0 Å². The van der Waals surface area contributed by atoms with Crippen LogP contribution < -0.4 is 15.0 Å². The number of carbonyl (C=O) groups excluding carboxylic acids is 2. The van der Waals surface area contributed by atoms with Crippen molar-refractivity contribution in [2.24, 2.45) is 0 Å². The minimum absolute atomic E-state index is 0.105. The van der Waals surface area contributed by atoms with E-state index < -0.39 is 0 Å². The van der Waals surface area contributed by atoms with Gasteiger partial charge in [0.1, 0.15) is 11.6 Å². The number of aliphatic hydroxyl groups is 1. The van der Waals surface area contributed by atoms with Crippen LogP contribution in [0.25, 0.3) is 0 Å². The van der Waals surface area contributed by atoms with E-state index in [9.17, 15) is 9.59 Å². The first kappa shape index (κ1) is 24.7. The molecule has 0 bridgehead atoms. The fraction of sp³-hybridized carbons (Fsp3) is 0.296. The number of hydrogen-bond donors (Lipinski definition) is 2. The van der Waals surface area contributed by atoms with Crippen molar-refractivity contribution >= 4 is 34.9 Å². The molecule has 3 aromatic rings. The smallest absolute Gasteiger partial charge is 0.260 e. The van der Waals surface area contributed by atoms with E-state index in [0.717, 1.165) is 30.5 Å². The molecule has 2 amide bonds. The molecular weight excluding hydrogens is 466 g/mol. The molecule has 0 atom stereocenters. The van der Waals surface area contributed by atoms with Crippen LogP contribution in [0.2, 0.25) is 5.02 Å².